The van der Waals surface area contributed by atoms with E-state index in [0.29, 0.717) is 23.0 Å². The largest absolute Gasteiger partial charge is 0.479 e. The molecular formula is C8H12N6O. The molecule has 2 rings (SSSR count). The molecule has 0 saturated carbocycles. The molecule has 0 fully saturated rings. The van der Waals surface area contributed by atoms with Gasteiger partial charge in [-0.1, -0.05) is 0 Å². The van der Waals surface area contributed by atoms with E-state index in [2.05, 4.69) is 20.2 Å². The Morgan fingerprint density at radius 3 is 2.53 bits per heavy atom. The van der Waals surface area contributed by atoms with Crippen LogP contribution >= 0.6 is 0 Å². The molecule has 0 amide bonds. The van der Waals surface area contributed by atoms with Gasteiger partial charge in [0.25, 0.3) is 0 Å². The lowest BCUT2D eigenvalue weighted by atomic mass is 10.5. The number of ether oxygens (including phenoxy) is 1. The van der Waals surface area contributed by atoms with Crippen molar-refractivity contribution in [1.82, 2.24) is 25.0 Å². The highest BCUT2D eigenvalue weighted by molar-refractivity contribution is 5.76. The van der Waals surface area contributed by atoms with E-state index < -0.39 is 0 Å². The highest BCUT2D eigenvalue weighted by Gasteiger charge is 2.13. The predicted molar refractivity (Wildman–Crippen MR) is 55.0 cm³/mol. The first-order chi connectivity index (χ1) is 7.11. The number of hydrogen-bond acceptors (Lipinski definition) is 6. The second kappa shape index (κ2) is 3.34. The summed E-state index contributed by atoms with van der Waals surface area (Å²) in [7, 11) is 7.00. The van der Waals surface area contributed by atoms with Crippen LogP contribution in [0.2, 0.25) is 0 Å². The van der Waals surface area contributed by atoms with Crippen molar-refractivity contribution in [2.24, 2.45) is 7.05 Å². The molecule has 2 aromatic heterocycles. The summed E-state index contributed by atoms with van der Waals surface area (Å²) in [6.45, 7) is 0. The number of fused-ring (bicyclic) bond motifs is 1. The zero-order valence-corrected chi connectivity index (χ0v) is 9.09. The lowest BCUT2D eigenvalue weighted by molar-refractivity contribution is 0.401. The Morgan fingerprint density at radius 2 is 1.93 bits per heavy atom. The van der Waals surface area contributed by atoms with Crippen molar-refractivity contribution in [2.45, 2.75) is 0 Å². The van der Waals surface area contributed by atoms with Crippen LogP contribution in [0.15, 0.2) is 0 Å². The fourth-order valence-corrected chi connectivity index (χ4v) is 1.22. The zero-order valence-electron chi connectivity index (χ0n) is 9.09. The van der Waals surface area contributed by atoms with Crippen LogP contribution in [0.4, 0.5) is 5.95 Å². The Kier molecular flexibility index (Phi) is 2.14. The van der Waals surface area contributed by atoms with Gasteiger partial charge in [0.1, 0.15) is 0 Å². The maximum absolute atomic E-state index is 5.14. The van der Waals surface area contributed by atoms with Gasteiger partial charge < -0.3 is 9.64 Å². The topological polar surface area (TPSA) is 69.0 Å². The second-order valence-corrected chi connectivity index (χ2v) is 3.29. The number of anilines is 1. The molecular weight excluding hydrogens is 196 g/mol. The maximum Gasteiger partial charge on any atom is 0.249 e. The Balaban J connectivity index is 2.70. The van der Waals surface area contributed by atoms with E-state index in [-0.39, 0.29) is 0 Å². The van der Waals surface area contributed by atoms with E-state index in [9.17, 15) is 0 Å². The highest BCUT2D eigenvalue weighted by Crippen LogP contribution is 2.20. The van der Waals surface area contributed by atoms with Gasteiger partial charge in [0, 0.05) is 21.1 Å². The summed E-state index contributed by atoms with van der Waals surface area (Å²) in [5.41, 5.74) is 1.11. The molecule has 0 atom stereocenters. The van der Waals surface area contributed by atoms with E-state index >= 15 is 0 Å². The molecule has 0 N–H and O–H groups in total. The first-order valence-electron chi connectivity index (χ1n) is 4.42. The first-order valence-corrected chi connectivity index (χ1v) is 4.42. The van der Waals surface area contributed by atoms with Crippen molar-refractivity contribution in [2.75, 3.05) is 26.1 Å². The van der Waals surface area contributed by atoms with Crippen LogP contribution in [0.5, 0.6) is 5.88 Å². The zero-order chi connectivity index (χ0) is 11.0. The first kappa shape index (κ1) is 9.63. The highest BCUT2D eigenvalue weighted by atomic mass is 16.5. The van der Waals surface area contributed by atoms with E-state index in [4.69, 9.17) is 4.74 Å². The summed E-state index contributed by atoms with van der Waals surface area (Å²) in [6.07, 6.45) is 0. The standard InChI is InChI=1S/C8H12N6O/c1-13(2)8-9-6-5(7(10-8)15-4)11-14(3)12-6/h1-4H3. The summed E-state index contributed by atoms with van der Waals surface area (Å²) in [6, 6.07) is 0. The van der Waals surface area contributed by atoms with Gasteiger partial charge in [-0.15, -0.1) is 10.2 Å². The molecule has 0 bridgehead atoms. The van der Waals surface area contributed by atoms with Gasteiger partial charge in [0.15, 0.2) is 5.52 Å². The number of aromatic nitrogens is 5. The molecule has 0 unspecified atom stereocenters. The number of nitrogens with zero attached hydrogens (tertiary/aromatic N) is 6. The quantitative estimate of drug-likeness (QED) is 0.682. The third kappa shape index (κ3) is 1.56. The van der Waals surface area contributed by atoms with E-state index in [1.165, 1.54) is 4.80 Å². The molecule has 80 valence electrons. The minimum absolute atomic E-state index is 0.441. The Bertz CT molecular complexity index is 491. The average molecular weight is 208 g/mol. The average Bonchev–Trinajstić information content (AvgIpc) is 2.56. The molecule has 2 heterocycles. The fraction of sp³-hybridized carbons (Fsp3) is 0.500. The van der Waals surface area contributed by atoms with E-state index in [1.807, 2.05) is 14.1 Å². The summed E-state index contributed by atoms with van der Waals surface area (Å²) in [5.74, 6) is 0.997. The van der Waals surface area contributed by atoms with Gasteiger partial charge in [-0.3, -0.25) is 0 Å². The molecule has 0 spiro atoms. The van der Waals surface area contributed by atoms with Crippen LogP contribution < -0.4 is 9.64 Å². The minimum atomic E-state index is 0.441. The SMILES string of the molecule is COc1nc(N(C)C)nc2nn(C)nc12. The Hall–Kier alpha value is -1.92. The lowest BCUT2D eigenvalue weighted by Gasteiger charge is -2.09. The van der Waals surface area contributed by atoms with Crippen LogP contribution in [0.25, 0.3) is 11.2 Å². The van der Waals surface area contributed by atoms with Gasteiger partial charge in [-0.25, -0.2) is 0 Å². The van der Waals surface area contributed by atoms with Crippen molar-refractivity contribution in [3.8, 4) is 5.88 Å². The second-order valence-electron chi connectivity index (χ2n) is 3.29. The number of rotatable bonds is 2. The van der Waals surface area contributed by atoms with E-state index in [1.54, 1.807) is 19.1 Å². The molecule has 0 aliphatic carbocycles. The van der Waals surface area contributed by atoms with Crippen molar-refractivity contribution >= 4 is 17.1 Å². The van der Waals surface area contributed by atoms with Crippen molar-refractivity contribution in [3.63, 3.8) is 0 Å². The van der Waals surface area contributed by atoms with Gasteiger partial charge in [0.2, 0.25) is 17.5 Å². The Morgan fingerprint density at radius 1 is 1.20 bits per heavy atom. The number of methoxy groups -OCH3 is 1. The van der Waals surface area contributed by atoms with Crippen molar-refractivity contribution in [1.29, 1.82) is 0 Å². The fourth-order valence-electron chi connectivity index (χ4n) is 1.22. The normalized spacial score (nSPS) is 10.7. The molecule has 0 aliphatic heterocycles. The van der Waals surface area contributed by atoms with Gasteiger partial charge in [-0.05, 0) is 0 Å². The Labute approximate surface area is 86.7 Å². The van der Waals surface area contributed by atoms with Crippen LogP contribution in [-0.4, -0.2) is 46.2 Å². The monoisotopic (exact) mass is 208 g/mol. The van der Waals surface area contributed by atoms with Crippen LogP contribution in [0, 0.1) is 0 Å². The summed E-state index contributed by atoms with van der Waals surface area (Å²) in [5, 5.41) is 8.23. The van der Waals surface area contributed by atoms with E-state index in [0.717, 1.165) is 0 Å². The van der Waals surface area contributed by atoms with Crippen LogP contribution in [0.3, 0.4) is 0 Å². The molecule has 0 aromatic carbocycles. The third-order valence-corrected chi connectivity index (χ3v) is 1.90. The van der Waals surface area contributed by atoms with Gasteiger partial charge >= 0.3 is 0 Å². The lowest BCUT2D eigenvalue weighted by Crippen LogP contribution is -2.13. The molecule has 2 aromatic rings. The molecule has 7 heteroatoms. The summed E-state index contributed by atoms with van der Waals surface area (Å²) < 4.78 is 5.14. The van der Waals surface area contributed by atoms with Crippen molar-refractivity contribution in [3.05, 3.63) is 0 Å². The van der Waals surface area contributed by atoms with Gasteiger partial charge in [-0.2, -0.15) is 14.8 Å². The van der Waals surface area contributed by atoms with Crippen LogP contribution in [0.1, 0.15) is 0 Å². The molecule has 0 aliphatic rings. The third-order valence-electron chi connectivity index (χ3n) is 1.90. The summed E-state index contributed by atoms with van der Waals surface area (Å²) >= 11 is 0. The number of hydrogen-bond donors (Lipinski definition) is 0. The number of aryl methyl sites for hydroxylation is 1. The predicted octanol–water partition coefficient (Wildman–Crippen LogP) is -0.167. The van der Waals surface area contributed by atoms with Crippen molar-refractivity contribution < 1.29 is 4.74 Å². The minimum Gasteiger partial charge on any atom is -0.479 e. The maximum atomic E-state index is 5.14. The molecule has 0 saturated heterocycles. The van der Waals surface area contributed by atoms with Crippen LogP contribution in [-0.2, 0) is 7.05 Å². The molecule has 0 radical (unpaired) electrons. The van der Waals surface area contributed by atoms with Gasteiger partial charge in [0.05, 0.1) is 7.11 Å². The summed E-state index contributed by atoms with van der Waals surface area (Å²) in [4.78, 5) is 11.7. The molecule has 15 heavy (non-hydrogen) atoms. The molecule has 7 nitrogen and oxygen atoms in total. The smallest absolute Gasteiger partial charge is 0.249 e.